The lowest BCUT2D eigenvalue weighted by molar-refractivity contribution is 2.13. The van der Waals surface area contributed by atoms with Gasteiger partial charge in [-0.1, -0.05) is 0 Å². The number of hydrogen-bond acceptors (Lipinski definition) is 1. The largest absolute Gasteiger partial charge is 0.344 e. The lowest BCUT2D eigenvalue weighted by Crippen LogP contribution is -0.481. The minimum atomic E-state index is 0. The van der Waals surface area contributed by atoms with Crippen LogP contribution in [0.3, 0.4) is 0 Å². The molecule has 0 rings (SSSR count). The van der Waals surface area contributed by atoms with Gasteiger partial charge < -0.3 is 6.15 Å². The van der Waals surface area contributed by atoms with Crippen LogP contribution < -0.4 is 6.15 Å². The Hall–Kier alpha value is 2.84. The SMILES string of the molecule is Br.Br.Br.Br.Br.Br.N. The quantitative estimate of drug-likeness (QED) is 0.540. The average molecular weight is 503 g/mol. The lowest BCUT2D eigenvalue weighted by Gasteiger charge is -0.344. The van der Waals surface area contributed by atoms with Gasteiger partial charge >= 0.3 is 0 Å². The van der Waals surface area contributed by atoms with Gasteiger partial charge in [-0.3, -0.25) is 0 Å². The van der Waals surface area contributed by atoms with Crippen LogP contribution in [0.25, 0.3) is 0 Å². The highest BCUT2D eigenvalue weighted by molar-refractivity contribution is 8.93. The lowest BCUT2D eigenvalue weighted by atomic mass is 14.0. The summed E-state index contributed by atoms with van der Waals surface area (Å²) in [5, 5.41) is 0. The highest BCUT2D eigenvalue weighted by Gasteiger charge is -0.109. The molecule has 0 bridgehead atoms. The van der Waals surface area contributed by atoms with Crippen molar-refractivity contribution in [3.8, 4) is 0 Å². The third-order valence-electron chi connectivity index (χ3n) is 0. The van der Waals surface area contributed by atoms with Crippen LogP contribution in [0.4, 0.5) is 0 Å². The van der Waals surface area contributed by atoms with E-state index in [1.807, 2.05) is 0 Å². The summed E-state index contributed by atoms with van der Waals surface area (Å²) < 4.78 is 0. The van der Waals surface area contributed by atoms with Crippen molar-refractivity contribution in [2.24, 2.45) is 0 Å². The van der Waals surface area contributed by atoms with Crippen LogP contribution in [0.2, 0.25) is 0 Å². The summed E-state index contributed by atoms with van der Waals surface area (Å²) in [6, 6.07) is 0. The van der Waals surface area contributed by atoms with Gasteiger partial charge in [0, 0.05) is 0 Å². The first-order valence-electron chi connectivity index (χ1n) is 0. The molecule has 0 aromatic heterocycles. The van der Waals surface area contributed by atoms with E-state index in [9.17, 15) is 0 Å². The van der Waals surface area contributed by atoms with Crippen molar-refractivity contribution >= 4 is 102 Å². The highest BCUT2D eigenvalue weighted by atomic mass is 79.9. The summed E-state index contributed by atoms with van der Waals surface area (Å²) in [6.07, 6.45) is 0. The monoisotopic (exact) mass is 497 g/mol. The number of hydrogen-bond donors (Lipinski definition) is 1. The molecule has 7 heteroatoms. The zero-order valence-corrected chi connectivity index (χ0v) is 13.4. The molecule has 56 valence electrons. The zero-order chi connectivity index (χ0) is 0. The topological polar surface area (TPSA) is 35.0 Å². The molecule has 0 saturated carbocycles. The number of halogens is 6. The fourth-order valence-electron chi connectivity index (χ4n) is 0. The van der Waals surface area contributed by atoms with Crippen LogP contribution in [0, 0.1) is 0 Å². The predicted octanol–water partition coefficient (Wildman–Crippen LogP) is 3.63. The van der Waals surface area contributed by atoms with E-state index in [1.54, 1.807) is 0 Å². The van der Waals surface area contributed by atoms with E-state index in [-0.39, 0.29) is 108 Å². The van der Waals surface area contributed by atoms with Crippen LogP contribution in [-0.4, -0.2) is 0 Å². The van der Waals surface area contributed by atoms with Crippen LogP contribution in [0.5, 0.6) is 0 Å². The van der Waals surface area contributed by atoms with Crippen molar-refractivity contribution in [1.82, 2.24) is 6.15 Å². The first-order chi connectivity index (χ1) is 0. The zero-order valence-electron chi connectivity index (χ0n) is 3.16. The molecule has 0 radical (unpaired) electrons. The van der Waals surface area contributed by atoms with Gasteiger partial charge in [-0.05, 0) is 0 Å². The molecule has 0 unspecified atom stereocenters. The van der Waals surface area contributed by atoms with Gasteiger partial charge in [-0.2, -0.15) is 0 Å². The van der Waals surface area contributed by atoms with Gasteiger partial charge in [0.15, 0.2) is 0 Å². The third-order valence-corrected chi connectivity index (χ3v) is 0. The first kappa shape index (κ1) is 95.3. The molecule has 0 spiro atoms. The molecular formula is H9Br6N. The van der Waals surface area contributed by atoms with Crippen molar-refractivity contribution < 1.29 is 0 Å². The molecule has 0 amide bonds. The Bertz CT molecular complexity index is 4.14. The Morgan fingerprint density at radius 3 is 0.286 bits per heavy atom. The Morgan fingerprint density at radius 2 is 0.286 bits per heavy atom. The van der Waals surface area contributed by atoms with Gasteiger partial charge in [0.25, 0.3) is 0 Å². The summed E-state index contributed by atoms with van der Waals surface area (Å²) in [5.74, 6) is 0. The highest BCUT2D eigenvalue weighted by Crippen LogP contribution is 0.851. The van der Waals surface area contributed by atoms with Crippen LogP contribution in [0.15, 0.2) is 0 Å². The molecule has 7 heavy (non-hydrogen) atoms. The summed E-state index contributed by atoms with van der Waals surface area (Å²) in [5.41, 5.74) is 0. The molecule has 0 aliphatic rings. The van der Waals surface area contributed by atoms with Crippen molar-refractivity contribution in [1.29, 1.82) is 0 Å². The van der Waals surface area contributed by atoms with Gasteiger partial charge in [0.1, 0.15) is 0 Å². The summed E-state index contributed by atoms with van der Waals surface area (Å²) in [7, 11) is 0. The molecule has 0 fully saturated rings. The predicted molar refractivity (Wildman–Crippen MR) is 67.0 cm³/mol. The molecule has 0 aliphatic carbocycles. The van der Waals surface area contributed by atoms with Gasteiger partial charge in [-0.25, -0.2) is 0 Å². The molecule has 0 aliphatic heterocycles. The minimum Gasteiger partial charge on any atom is -0.344 e. The van der Waals surface area contributed by atoms with Crippen molar-refractivity contribution in [2.45, 2.75) is 0 Å². The normalized spacial score (nSPS) is 0. The van der Waals surface area contributed by atoms with E-state index in [0.29, 0.717) is 0 Å². The van der Waals surface area contributed by atoms with Crippen molar-refractivity contribution in [2.75, 3.05) is 0 Å². The fourth-order valence-corrected chi connectivity index (χ4v) is 0. The Morgan fingerprint density at radius 1 is 0.286 bits per heavy atom. The van der Waals surface area contributed by atoms with E-state index in [0.717, 1.165) is 0 Å². The van der Waals surface area contributed by atoms with Gasteiger partial charge in [0.2, 0.25) is 0 Å². The molecule has 0 aromatic rings. The second kappa shape index (κ2) is 67.4. The maximum Gasteiger partial charge on any atom is -0.114 e. The van der Waals surface area contributed by atoms with Crippen molar-refractivity contribution in [3.63, 3.8) is 0 Å². The maximum atomic E-state index is 0. The van der Waals surface area contributed by atoms with E-state index in [1.165, 1.54) is 0 Å². The molecule has 0 heterocycles. The molecule has 0 saturated heterocycles. The van der Waals surface area contributed by atoms with E-state index < -0.39 is 0 Å². The fraction of sp³-hybridized carbons (Fsp3) is 0. The van der Waals surface area contributed by atoms with Crippen LogP contribution in [0.1, 0.15) is 0 Å². The maximum absolute atomic E-state index is 0. The van der Waals surface area contributed by atoms with Crippen molar-refractivity contribution in [3.05, 3.63) is 0 Å². The standard InChI is InChI=1S/6BrH.H3N/h6*1H;1H3. The summed E-state index contributed by atoms with van der Waals surface area (Å²) >= 11 is 0. The Balaban J connectivity index is 0. The second-order valence-electron chi connectivity index (χ2n) is 0. The van der Waals surface area contributed by atoms with Crippen LogP contribution >= 0.6 is 102 Å². The van der Waals surface area contributed by atoms with E-state index >= 15 is 0 Å². The summed E-state index contributed by atoms with van der Waals surface area (Å²) in [6.45, 7) is 0. The molecule has 0 aromatic carbocycles. The minimum absolute atomic E-state index is 0. The van der Waals surface area contributed by atoms with Gasteiger partial charge in [0.05, 0.1) is 0 Å². The summed E-state index contributed by atoms with van der Waals surface area (Å²) in [4.78, 5) is 0. The molecule has 3 N–H and O–H groups in total. The smallest absolute Gasteiger partial charge is 0.114 e. The average Bonchev–Trinajstić information content (AvgIpc) is 0. The Kier molecular flexibility index (Phi) is 918. The third kappa shape index (κ3) is 51.3. The first-order valence-corrected chi connectivity index (χ1v) is 0. The van der Waals surface area contributed by atoms with Crippen LogP contribution in [-0.2, 0) is 0 Å². The molecule has 1 nitrogen and oxygen atoms in total. The van der Waals surface area contributed by atoms with Gasteiger partial charge in [-0.15, -0.1) is 102 Å². The van der Waals surface area contributed by atoms with E-state index in [4.69, 9.17) is 0 Å². The Labute approximate surface area is 107 Å². The van der Waals surface area contributed by atoms with E-state index in [2.05, 4.69) is 0 Å². The molecular weight excluding hydrogens is 493 g/mol. The number of rotatable bonds is 0. The second-order valence-corrected chi connectivity index (χ2v) is 0. The molecule has 0 atom stereocenters.